The number of hydrogen-bond acceptors (Lipinski definition) is 11. The minimum Gasteiger partial charge on any atom is -0.494 e. The van der Waals surface area contributed by atoms with Gasteiger partial charge in [-0.05, 0) is 138 Å². The van der Waals surface area contributed by atoms with Crippen LogP contribution in [0.5, 0.6) is 5.75 Å². The number of amides is 1. The maximum Gasteiger partial charge on any atom is 0.271 e. The number of nitrogens with two attached hydrogens (primary N) is 1. The second-order valence-electron chi connectivity index (χ2n) is 16.2. The van der Waals surface area contributed by atoms with Crippen molar-refractivity contribution < 1.29 is 14.3 Å². The molecule has 4 saturated heterocycles. The Bertz CT molecular complexity index is 1710. The smallest absolute Gasteiger partial charge is 0.271 e. The molecular formula is C40H55N9O3. The van der Waals surface area contributed by atoms with Crippen LogP contribution in [-0.2, 0) is 4.74 Å². The quantitative estimate of drug-likeness (QED) is 0.259. The molecule has 6 heterocycles. The van der Waals surface area contributed by atoms with Crippen LogP contribution in [0.1, 0.15) is 74.7 Å². The van der Waals surface area contributed by atoms with E-state index in [1.807, 2.05) is 18.2 Å². The summed E-state index contributed by atoms with van der Waals surface area (Å²) in [7, 11) is 3.89. The van der Waals surface area contributed by atoms with Gasteiger partial charge in [-0.3, -0.25) is 9.78 Å². The molecule has 12 heteroatoms. The maximum atomic E-state index is 12.8. The zero-order chi connectivity index (χ0) is 35.7. The van der Waals surface area contributed by atoms with Crippen LogP contribution in [0.3, 0.4) is 0 Å². The lowest BCUT2D eigenvalue weighted by molar-refractivity contribution is -0.0342. The lowest BCUT2D eigenvalue weighted by Crippen LogP contribution is -2.52. The van der Waals surface area contributed by atoms with Crippen LogP contribution in [0.4, 0.5) is 23.0 Å². The molecule has 1 aliphatic carbocycles. The summed E-state index contributed by atoms with van der Waals surface area (Å²) in [6.07, 6.45) is 13.8. The molecule has 1 aromatic carbocycles. The van der Waals surface area contributed by atoms with Crippen molar-refractivity contribution in [3.05, 3.63) is 48.3 Å². The first-order valence-corrected chi connectivity index (χ1v) is 19.4. The molecule has 8 rings (SSSR count). The second kappa shape index (κ2) is 14.8. The highest BCUT2D eigenvalue weighted by Gasteiger charge is 2.45. The molecule has 4 aliphatic heterocycles. The first kappa shape index (κ1) is 35.1. The molecule has 0 radical (unpaired) electrons. The lowest BCUT2D eigenvalue weighted by Gasteiger charge is -2.50. The van der Waals surface area contributed by atoms with E-state index in [-0.39, 0.29) is 11.7 Å². The fourth-order valence-corrected chi connectivity index (χ4v) is 9.79. The summed E-state index contributed by atoms with van der Waals surface area (Å²) in [6, 6.07) is 12.9. The number of piperidine rings is 3. The molecule has 0 unspecified atom stereocenters. The van der Waals surface area contributed by atoms with E-state index in [0.29, 0.717) is 45.6 Å². The molecule has 52 heavy (non-hydrogen) atoms. The number of rotatable bonds is 9. The monoisotopic (exact) mass is 709 g/mol. The number of ether oxygens (including phenoxy) is 2. The standard InChI is InChI=1S/C40H55N9O3/c1-47-18-4-12-39(27-47)13-21-49(22-14-39)31-10-19-48(20-11-31)30-8-6-28(7-9-30)43-38-35(36(41)50)45-34(33-32(51-2)5-3-17-42-33)37(46-38)44-29-25-40(26-29)15-23-52-24-16-40/h3,5-9,17,29,31H,4,10-16,18-27H2,1-2H3,(H2,41,50)(H2,43,44,46). The SMILES string of the molecule is COc1cccnc1-c1nc(C(N)=O)c(Nc2ccc(N3CCC(N4CCC5(CCCN(C)C5)CC4)CC3)cc2)nc1NC1CC2(CCOCC2)C1. The average molecular weight is 710 g/mol. The summed E-state index contributed by atoms with van der Waals surface area (Å²) in [6.45, 7) is 8.79. The second-order valence-corrected chi connectivity index (χ2v) is 16.2. The molecule has 2 spiro atoms. The molecule has 4 N–H and O–H groups in total. The van der Waals surface area contributed by atoms with Crippen LogP contribution in [0, 0.1) is 10.8 Å². The Balaban J connectivity index is 0.948. The molecule has 5 aliphatic rings. The van der Waals surface area contributed by atoms with Crippen LogP contribution < -0.4 is 26.0 Å². The highest BCUT2D eigenvalue weighted by atomic mass is 16.5. The third-order valence-corrected chi connectivity index (χ3v) is 12.8. The van der Waals surface area contributed by atoms with E-state index in [2.05, 4.69) is 49.5 Å². The Morgan fingerprint density at radius 1 is 0.904 bits per heavy atom. The summed E-state index contributed by atoms with van der Waals surface area (Å²) >= 11 is 0. The van der Waals surface area contributed by atoms with E-state index in [4.69, 9.17) is 25.2 Å². The number of primary amides is 1. The summed E-state index contributed by atoms with van der Waals surface area (Å²) < 4.78 is 11.3. The highest BCUT2D eigenvalue weighted by molar-refractivity contribution is 5.97. The summed E-state index contributed by atoms with van der Waals surface area (Å²) in [5.74, 6) is 0.732. The fourth-order valence-electron chi connectivity index (χ4n) is 9.79. The molecule has 0 bridgehead atoms. The first-order chi connectivity index (χ1) is 25.3. The minimum absolute atomic E-state index is 0.0491. The summed E-state index contributed by atoms with van der Waals surface area (Å²) in [5.41, 5.74) is 9.81. The van der Waals surface area contributed by atoms with Gasteiger partial charge >= 0.3 is 0 Å². The van der Waals surface area contributed by atoms with Crippen molar-refractivity contribution >= 4 is 28.9 Å². The van der Waals surface area contributed by atoms with Gasteiger partial charge in [-0.25, -0.2) is 9.97 Å². The number of likely N-dealkylation sites (tertiary alicyclic amines) is 2. The van der Waals surface area contributed by atoms with E-state index in [1.54, 1.807) is 19.4 Å². The number of aromatic nitrogens is 3. The van der Waals surface area contributed by atoms with Crippen molar-refractivity contribution in [2.24, 2.45) is 16.6 Å². The van der Waals surface area contributed by atoms with Gasteiger partial charge in [-0.1, -0.05) is 0 Å². The summed E-state index contributed by atoms with van der Waals surface area (Å²) in [5, 5.41) is 7.01. The first-order valence-electron chi connectivity index (χ1n) is 19.4. The third-order valence-electron chi connectivity index (χ3n) is 12.8. The highest BCUT2D eigenvalue weighted by Crippen LogP contribution is 2.50. The number of nitrogens with one attached hydrogen (secondary N) is 2. The number of methoxy groups -OCH3 is 1. The lowest BCUT2D eigenvalue weighted by atomic mass is 9.61. The molecular weight excluding hydrogens is 654 g/mol. The number of nitrogens with zero attached hydrogens (tertiary/aromatic N) is 6. The van der Waals surface area contributed by atoms with Gasteiger partial charge < -0.3 is 40.5 Å². The Morgan fingerprint density at radius 3 is 2.35 bits per heavy atom. The zero-order valence-electron chi connectivity index (χ0n) is 30.9. The van der Waals surface area contributed by atoms with Crippen molar-refractivity contribution in [1.29, 1.82) is 0 Å². The largest absolute Gasteiger partial charge is 0.494 e. The van der Waals surface area contributed by atoms with Crippen molar-refractivity contribution in [2.45, 2.75) is 76.3 Å². The Morgan fingerprint density at radius 2 is 1.65 bits per heavy atom. The molecule has 5 fully saturated rings. The summed E-state index contributed by atoms with van der Waals surface area (Å²) in [4.78, 5) is 35.0. The predicted molar refractivity (Wildman–Crippen MR) is 204 cm³/mol. The van der Waals surface area contributed by atoms with Crippen LogP contribution in [0.2, 0.25) is 0 Å². The van der Waals surface area contributed by atoms with Gasteiger partial charge in [0.15, 0.2) is 17.3 Å². The average Bonchev–Trinajstić information content (AvgIpc) is 3.15. The number of hydrogen-bond donors (Lipinski definition) is 3. The molecule has 2 aromatic heterocycles. The van der Waals surface area contributed by atoms with Gasteiger partial charge in [-0.2, -0.15) is 0 Å². The minimum atomic E-state index is -0.669. The van der Waals surface area contributed by atoms with Crippen LogP contribution in [-0.4, -0.2) is 109 Å². The molecule has 278 valence electrons. The van der Waals surface area contributed by atoms with E-state index >= 15 is 0 Å². The number of pyridine rings is 1. The third kappa shape index (κ3) is 7.30. The van der Waals surface area contributed by atoms with Gasteiger partial charge in [0.05, 0.1) is 7.11 Å². The van der Waals surface area contributed by atoms with Crippen molar-refractivity contribution in [3.8, 4) is 17.1 Å². The van der Waals surface area contributed by atoms with E-state index < -0.39 is 5.91 Å². The van der Waals surface area contributed by atoms with Crippen LogP contribution in [0.25, 0.3) is 11.4 Å². The molecule has 3 aromatic rings. The molecule has 1 amide bonds. The predicted octanol–water partition coefficient (Wildman–Crippen LogP) is 5.54. The Hall–Kier alpha value is -4.00. The van der Waals surface area contributed by atoms with Gasteiger partial charge in [0, 0.05) is 62.5 Å². The molecule has 0 atom stereocenters. The topological polar surface area (TPSA) is 134 Å². The zero-order valence-corrected chi connectivity index (χ0v) is 30.9. The molecule has 12 nitrogen and oxygen atoms in total. The van der Waals surface area contributed by atoms with Crippen molar-refractivity contribution in [2.75, 3.05) is 82.2 Å². The van der Waals surface area contributed by atoms with Gasteiger partial charge in [0.25, 0.3) is 5.91 Å². The number of carbonyl (C=O) groups is 1. The number of carbonyl (C=O) groups excluding carboxylic acids is 1. The van der Waals surface area contributed by atoms with E-state index in [9.17, 15) is 4.79 Å². The van der Waals surface area contributed by atoms with Crippen molar-refractivity contribution in [1.82, 2.24) is 24.8 Å². The molecule has 1 saturated carbocycles. The Labute approximate surface area is 307 Å². The number of benzene rings is 1. The number of anilines is 4. The van der Waals surface area contributed by atoms with Gasteiger partial charge in [-0.15, -0.1) is 0 Å². The van der Waals surface area contributed by atoms with E-state index in [0.717, 1.165) is 57.7 Å². The van der Waals surface area contributed by atoms with Gasteiger partial charge in [0.1, 0.15) is 17.1 Å². The van der Waals surface area contributed by atoms with Crippen molar-refractivity contribution in [3.63, 3.8) is 0 Å². The van der Waals surface area contributed by atoms with Gasteiger partial charge in [0.2, 0.25) is 0 Å². The van der Waals surface area contributed by atoms with E-state index in [1.165, 1.54) is 70.4 Å². The maximum absolute atomic E-state index is 12.8. The fraction of sp³-hybridized carbons (Fsp3) is 0.600. The van der Waals surface area contributed by atoms with Crippen LogP contribution in [0.15, 0.2) is 42.6 Å². The van der Waals surface area contributed by atoms with Crippen LogP contribution >= 0.6 is 0 Å². The normalized spacial score (nSPS) is 22.6. The Kier molecular flexibility index (Phi) is 9.97.